The molecule has 0 amide bonds. The molecule has 0 aromatic rings. The van der Waals surface area contributed by atoms with E-state index in [9.17, 15) is 0 Å². The van der Waals surface area contributed by atoms with Crippen molar-refractivity contribution in [2.45, 2.75) is 192 Å². The molecule has 0 aromatic carbocycles. The van der Waals surface area contributed by atoms with Crippen LogP contribution in [0.25, 0.3) is 0 Å². The third kappa shape index (κ3) is 37.0. The topological polar surface area (TPSA) is 35.8 Å². The first kappa shape index (κ1) is 52.4. The van der Waals surface area contributed by atoms with E-state index < -0.39 is 0 Å². The second kappa shape index (κ2) is 46.3. The van der Waals surface area contributed by atoms with Crippen molar-refractivity contribution < 1.29 is 0 Å². The van der Waals surface area contributed by atoms with Crippen LogP contribution in [-0.4, -0.2) is 18.8 Å². The van der Waals surface area contributed by atoms with Crippen LogP contribution < -0.4 is 5.32 Å². The van der Waals surface area contributed by atoms with Gasteiger partial charge in [0.15, 0.2) is 0 Å². The summed E-state index contributed by atoms with van der Waals surface area (Å²) >= 11 is 1.95. The second-order valence-corrected chi connectivity index (χ2v) is 12.0. The number of rotatable bonds is 15. The van der Waals surface area contributed by atoms with Gasteiger partial charge in [0.1, 0.15) is 0 Å². The zero-order chi connectivity index (χ0) is 35.0. The van der Waals surface area contributed by atoms with Crippen molar-refractivity contribution in [1.29, 1.82) is 5.26 Å². The molecule has 0 heterocycles. The van der Waals surface area contributed by atoms with Crippen LogP contribution >= 0.6 is 11.8 Å². The minimum Gasteiger partial charge on any atom is -0.314 e. The summed E-state index contributed by atoms with van der Waals surface area (Å²) in [6, 6.07) is 2.60. The number of unbranched alkanes of at least 4 members (excludes halogenated alkanes) is 1. The number of terminal acetylenes is 1. The molecule has 3 unspecified atom stereocenters. The number of nitrogens with zero attached hydrogens (tertiary/aromatic N) is 1. The van der Waals surface area contributed by atoms with Crippen molar-refractivity contribution >= 4 is 11.8 Å². The molecule has 0 saturated heterocycles. The van der Waals surface area contributed by atoms with E-state index in [-0.39, 0.29) is 0 Å². The van der Waals surface area contributed by atoms with Gasteiger partial charge >= 0.3 is 0 Å². The number of hydrogen-bond acceptors (Lipinski definition) is 3. The minimum absolute atomic E-state index is 0.654. The van der Waals surface area contributed by atoms with Crippen LogP contribution in [0.3, 0.4) is 0 Å². The predicted octanol–water partition coefficient (Wildman–Crippen LogP) is 14.2. The molecule has 1 N–H and O–H groups in total. The summed E-state index contributed by atoms with van der Waals surface area (Å²) in [5, 5.41) is 11.0. The van der Waals surface area contributed by atoms with E-state index in [4.69, 9.17) is 11.7 Å². The zero-order valence-corrected chi connectivity index (χ0v) is 33.5. The molecule has 0 aromatic heterocycles. The molecule has 44 heavy (non-hydrogen) atoms. The summed E-state index contributed by atoms with van der Waals surface area (Å²) in [4.78, 5) is 1.61. The molecule has 262 valence electrons. The lowest BCUT2D eigenvalue weighted by Gasteiger charge is -2.20. The van der Waals surface area contributed by atoms with Crippen LogP contribution in [0.4, 0.5) is 0 Å². The van der Waals surface area contributed by atoms with Crippen molar-refractivity contribution in [2.75, 3.05) is 12.8 Å². The fraction of sp³-hybridized carbons (Fsp3) is 0.829. The molecule has 1 rings (SSSR count). The Morgan fingerprint density at radius 2 is 1.43 bits per heavy atom. The Morgan fingerprint density at radius 1 is 0.909 bits per heavy atom. The summed E-state index contributed by atoms with van der Waals surface area (Å²) in [5.41, 5.74) is 1.68. The van der Waals surface area contributed by atoms with Gasteiger partial charge in [-0.15, -0.1) is 24.1 Å². The third-order valence-electron chi connectivity index (χ3n) is 7.52. The maximum atomic E-state index is 7.32. The number of allylic oxidation sites excluding steroid dienone is 4. The van der Waals surface area contributed by atoms with Crippen LogP contribution in [-0.2, 0) is 0 Å². The van der Waals surface area contributed by atoms with E-state index in [2.05, 4.69) is 78.1 Å². The molecule has 0 spiro atoms. The quantitative estimate of drug-likeness (QED) is 0.0842. The first-order chi connectivity index (χ1) is 21.3. The first-order valence-electron chi connectivity index (χ1n) is 18.7. The lowest BCUT2D eigenvalue weighted by Crippen LogP contribution is -2.29. The van der Waals surface area contributed by atoms with Gasteiger partial charge in [0.2, 0.25) is 0 Å². The second-order valence-electron chi connectivity index (χ2n) is 11.1. The van der Waals surface area contributed by atoms with Crippen LogP contribution in [0.2, 0.25) is 0 Å². The standard InChI is InChI=1S/C20H38S.C11H23N.C4H6.C2H3N.2C2H6/c1-8-12-18(19(10-3)20(11-4)21-7)14-13-17(6)15-16(5)9-2;1-2-3-10-12-11-8-6-4-5-7-9-11;1-3-4-2;1-2-3;2*1-2/h13-14,16-18H,8-12,15H2,1-7H3;11-12H,2-10H2,1H3;1H,4H2,2H3;1H3;2*1-2H3/b14-13-,20-19+;;;;;. The van der Waals surface area contributed by atoms with Crippen LogP contribution in [0.5, 0.6) is 0 Å². The molecule has 0 aliphatic heterocycles. The fourth-order valence-electron chi connectivity index (χ4n) is 5.04. The maximum Gasteiger partial charge on any atom is 0.0587 e. The molecule has 0 radical (unpaired) electrons. The van der Waals surface area contributed by atoms with Crippen molar-refractivity contribution in [2.24, 2.45) is 17.8 Å². The molecule has 3 heteroatoms. The molecule has 2 nitrogen and oxygen atoms in total. The minimum atomic E-state index is 0.654. The molecular formula is C41H82N2S. The molecule has 3 atom stereocenters. The number of thioether (sulfide) groups is 1. The summed E-state index contributed by atoms with van der Waals surface area (Å²) in [7, 11) is 0. The molecule has 1 saturated carbocycles. The van der Waals surface area contributed by atoms with Crippen molar-refractivity contribution in [1.82, 2.24) is 5.32 Å². The fourth-order valence-corrected chi connectivity index (χ4v) is 5.88. The van der Waals surface area contributed by atoms with Gasteiger partial charge in [-0.3, -0.25) is 0 Å². The SMILES string of the molecule is C#CCC.CC.CC.CC#N.CCCC(/C=C\C(C)CC(C)CC)/C(CC)=C(\CC)SC.CCCCNC1CCCCCC1. The largest absolute Gasteiger partial charge is 0.314 e. The smallest absolute Gasteiger partial charge is 0.0587 e. The Hall–Kier alpha value is -1.16. The molecule has 0 bridgehead atoms. The third-order valence-corrected chi connectivity index (χ3v) is 8.56. The summed E-state index contributed by atoms with van der Waals surface area (Å²) in [6.07, 6.45) is 31.7. The van der Waals surface area contributed by atoms with Crippen molar-refractivity contribution in [3.63, 3.8) is 0 Å². The van der Waals surface area contributed by atoms with Gasteiger partial charge in [-0.05, 0) is 80.4 Å². The van der Waals surface area contributed by atoms with E-state index in [1.165, 1.54) is 103 Å². The number of hydrogen-bond donors (Lipinski definition) is 1. The van der Waals surface area contributed by atoms with Gasteiger partial charge in [0.25, 0.3) is 0 Å². The Bertz CT molecular complexity index is 653. The van der Waals surface area contributed by atoms with Gasteiger partial charge in [-0.25, -0.2) is 0 Å². The number of nitrogens with one attached hydrogen (secondary N) is 1. The average Bonchev–Trinajstić information content (AvgIpc) is 3.33. The predicted molar refractivity (Wildman–Crippen MR) is 209 cm³/mol. The normalized spacial score (nSPS) is 15.0. The Morgan fingerprint density at radius 3 is 1.80 bits per heavy atom. The van der Waals surface area contributed by atoms with Crippen molar-refractivity contribution in [3.05, 3.63) is 22.6 Å². The van der Waals surface area contributed by atoms with E-state index in [1.54, 1.807) is 16.5 Å². The van der Waals surface area contributed by atoms with Crippen molar-refractivity contribution in [3.8, 4) is 18.4 Å². The highest BCUT2D eigenvalue weighted by Gasteiger charge is 2.14. The molecule has 1 aliphatic rings. The van der Waals surface area contributed by atoms with Gasteiger partial charge in [-0.1, -0.05) is 146 Å². The van der Waals surface area contributed by atoms with E-state index in [0.29, 0.717) is 11.8 Å². The van der Waals surface area contributed by atoms with Crippen LogP contribution in [0, 0.1) is 41.4 Å². The van der Waals surface area contributed by atoms with Gasteiger partial charge in [-0.2, -0.15) is 5.26 Å². The van der Waals surface area contributed by atoms with Gasteiger partial charge in [0, 0.05) is 19.4 Å². The number of nitriles is 1. The lowest BCUT2D eigenvalue weighted by atomic mass is 9.88. The van der Waals surface area contributed by atoms with E-state index in [0.717, 1.165) is 18.4 Å². The summed E-state index contributed by atoms with van der Waals surface area (Å²) in [5.74, 6) is 4.63. The molecular weight excluding hydrogens is 553 g/mol. The Balaban J connectivity index is -0.000000184. The van der Waals surface area contributed by atoms with Crippen LogP contribution in [0.15, 0.2) is 22.6 Å². The van der Waals surface area contributed by atoms with Crippen LogP contribution in [0.1, 0.15) is 186 Å². The highest BCUT2D eigenvalue weighted by molar-refractivity contribution is 8.02. The summed E-state index contributed by atoms with van der Waals surface area (Å²) < 4.78 is 0. The highest BCUT2D eigenvalue weighted by atomic mass is 32.2. The Kier molecular flexibility index (Phi) is 55.1. The molecule has 1 aliphatic carbocycles. The zero-order valence-electron chi connectivity index (χ0n) is 32.7. The van der Waals surface area contributed by atoms with Gasteiger partial charge in [0.05, 0.1) is 6.07 Å². The molecule has 1 fully saturated rings. The highest BCUT2D eigenvalue weighted by Crippen LogP contribution is 2.32. The monoisotopic (exact) mass is 635 g/mol. The maximum absolute atomic E-state index is 7.32. The Labute approximate surface area is 285 Å². The lowest BCUT2D eigenvalue weighted by molar-refractivity contribution is 0.453. The van der Waals surface area contributed by atoms with Gasteiger partial charge < -0.3 is 5.32 Å². The first-order valence-corrected chi connectivity index (χ1v) is 19.9. The van der Waals surface area contributed by atoms with E-state index >= 15 is 0 Å². The summed E-state index contributed by atoms with van der Waals surface area (Å²) in [6.45, 7) is 28.8. The van der Waals surface area contributed by atoms with E-state index in [1.807, 2.05) is 46.4 Å². The average molecular weight is 635 g/mol.